The molecule has 0 saturated heterocycles. The van der Waals surface area contributed by atoms with Crippen LogP contribution in [0.1, 0.15) is 11.4 Å². The van der Waals surface area contributed by atoms with E-state index in [1.54, 1.807) is 29.8 Å². The third-order valence-electron chi connectivity index (χ3n) is 4.20. The van der Waals surface area contributed by atoms with Crippen LogP contribution in [-0.4, -0.2) is 32.3 Å². The Labute approximate surface area is 188 Å². The second-order valence-corrected chi connectivity index (χ2v) is 8.24. The fraction of sp³-hybridized carbons (Fsp3) is 0.200. The van der Waals surface area contributed by atoms with E-state index in [9.17, 15) is 9.59 Å². The number of anilines is 2. The minimum absolute atomic E-state index is 0.0721. The lowest BCUT2D eigenvalue weighted by Crippen LogP contribution is -2.18. The first-order valence-corrected chi connectivity index (χ1v) is 10.7. The van der Waals surface area contributed by atoms with Crippen LogP contribution >= 0.6 is 35.0 Å². The minimum atomic E-state index is -0.258. The van der Waals surface area contributed by atoms with Crippen molar-refractivity contribution in [2.24, 2.45) is 7.05 Å². The molecule has 1 aromatic heterocycles. The third kappa shape index (κ3) is 5.75. The number of nitrogens with zero attached hydrogens (tertiary/aromatic N) is 3. The molecule has 2 N–H and O–H groups in total. The van der Waals surface area contributed by atoms with E-state index < -0.39 is 0 Å². The Morgan fingerprint density at radius 3 is 2.53 bits per heavy atom. The minimum Gasteiger partial charge on any atom is -0.325 e. The number of para-hydroxylation sites is 1. The Bertz CT molecular complexity index is 1090. The van der Waals surface area contributed by atoms with E-state index in [1.165, 1.54) is 11.8 Å². The van der Waals surface area contributed by atoms with Crippen molar-refractivity contribution in [3.8, 4) is 0 Å². The predicted molar refractivity (Wildman–Crippen MR) is 120 cm³/mol. The van der Waals surface area contributed by atoms with E-state index in [1.807, 2.05) is 31.2 Å². The van der Waals surface area contributed by atoms with Crippen LogP contribution in [-0.2, 0) is 23.1 Å². The summed E-state index contributed by atoms with van der Waals surface area (Å²) >= 11 is 13.2. The van der Waals surface area contributed by atoms with E-state index in [0.29, 0.717) is 26.7 Å². The summed E-state index contributed by atoms with van der Waals surface area (Å²) in [5.41, 5.74) is 2.18. The highest BCUT2D eigenvalue weighted by molar-refractivity contribution is 7.99. The molecule has 0 bridgehead atoms. The number of thioether (sulfide) groups is 1. The summed E-state index contributed by atoms with van der Waals surface area (Å²) in [6.07, 6.45) is 0.0721. The van der Waals surface area contributed by atoms with Crippen molar-refractivity contribution in [3.05, 3.63) is 63.9 Å². The van der Waals surface area contributed by atoms with E-state index in [-0.39, 0.29) is 24.0 Å². The number of rotatable bonds is 7. The molecule has 0 aliphatic carbocycles. The van der Waals surface area contributed by atoms with Gasteiger partial charge in [0.05, 0.1) is 22.9 Å². The molecule has 0 aliphatic rings. The molecule has 1 heterocycles. The van der Waals surface area contributed by atoms with Crippen molar-refractivity contribution in [2.45, 2.75) is 18.5 Å². The molecule has 0 atom stereocenters. The maximum absolute atomic E-state index is 12.3. The molecule has 0 fully saturated rings. The van der Waals surface area contributed by atoms with Crippen LogP contribution < -0.4 is 10.6 Å². The fourth-order valence-electron chi connectivity index (χ4n) is 2.59. The normalized spacial score (nSPS) is 10.7. The number of carbonyl (C=O) groups is 2. The number of carbonyl (C=O) groups excluding carboxylic acids is 2. The molecule has 2 aromatic carbocycles. The smallest absolute Gasteiger partial charge is 0.234 e. The van der Waals surface area contributed by atoms with Gasteiger partial charge in [-0.2, -0.15) is 0 Å². The highest BCUT2D eigenvalue weighted by Crippen LogP contribution is 2.26. The summed E-state index contributed by atoms with van der Waals surface area (Å²) in [6.45, 7) is 1.92. The average Bonchev–Trinajstić information content (AvgIpc) is 3.04. The first-order chi connectivity index (χ1) is 14.3. The molecule has 10 heteroatoms. The van der Waals surface area contributed by atoms with Crippen LogP contribution in [0, 0.1) is 6.92 Å². The molecule has 0 radical (unpaired) electrons. The third-order valence-corrected chi connectivity index (χ3v) is 5.78. The van der Waals surface area contributed by atoms with Gasteiger partial charge in [0, 0.05) is 17.8 Å². The van der Waals surface area contributed by atoms with Gasteiger partial charge in [0.15, 0.2) is 5.16 Å². The quantitative estimate of drug-likeness (QED) is 0.508. The average molecular weight is 464 g/mol. The summed E-state index contributed by atoms with van der Waals surface area (Å²) in [6, 6.07) is 12.4. The van der Waals surface area contributed by atoms with Crippen LogP contribution in [0.25, 0.3) is 0 Å². The van der Waals surface area contributed by atoms with Gasteiger partial charge in [-0.25, -0.2) is 0 Å². The number of nitrogens with one attached hydrogen (secondary N) is 2. The molecular formula is C20H19Cl2N5O2S. The maximum atomic E-state index is 12.3. The first kappa shape index (κ1) is 22.1. The van der Waals surface area contributed by atoms with Gasteiger partial charge in [-0.3, -0.25) is 9.59 Å². The maximum Gasteiger partial charge on any atom is 0.234 e. The number of hydrogen-bond acceptors (Lipinski definition) is 5. The van der Waals surface area contributed by atoms with Gasteiger partial charge in [-0.05, 0) is 36.8 Å². The molecule has 0 spiro atoms. The Morgan fingerprint density at radius 2 is 1.77 bits per heavy atom. The zero-order valence-electron chi connectivity index (χ0n) is 16.3. The number of aryl methyl sites for hydroxylation is 1. The van der Waals surface area contributed by atoms with Crippen molar-refractivity contribution in [1.82, 2.24) is 14.8 Å². The van der Waals surface area contributed by atoms with Gasteiger partial charge in [0.25, 0.3) is 0 Å². The zero-order valence-corrected chi connectivity index (χ0v) is 18.6. The SMILES string of the molecule is Cc1ccccc1NC(=O)Cc1nnc(SCC(=O)Nc2cc(Cl)ccc2Cl)n1C. The Hall–Kier alpha value is -2.55. The van der Waals surface area contributed by atoms with Crippen molar-refractivity contribution < 1.29 is 9.59 Å². The monoisotopic (exact) mass is 463 g/mol. The van der Waals surface area contributed by atoms with Crippen molar-refractivity contribution in [3.63, 3.8) is 0 Å². The predicted octanol–water partition coefficient (Wildman–Crippen LogP) is 4.34. The summed E-state index contributed by atoms with van der Waals surface area (Å²) in [4.78, 5) is 24.6. The Kier molecular flexibility index (Phi) is 7.36. The van der Waals surface area contributed by atoms with Gasteiger partial charge in [-0.1, -0.05) is 53.2 Å². The lowest BCUT2D eigenvalue weighted by atomic mass is 10.2. The van der Waals surface area contributed by atoms with E-state index >= 15 is 0 Å². The molecule has 0 saturated carbocycles. The van der Waals surface area contributed by atoms with Gasteiger partial charge in [0.1, 0.15) is 5.82 Å². The second kappa shape index (κ2) is 9.97. The molecule has 3 aromatic rings. The van der Waals surface area contributed by atoms with Crippen LogP contribution in [0.4, 0.5) is 11.4 Å². The number of benzene rings is 2. The zero-order chi connectivity index (χ0) is 21.7. The standard InChI is InChI=1S/C20H19Cl2N5O2S/c1-12-5-3-4-6-15(12)23-18(28)10-17-25-26-20(27(17)2)30-11-19(29)24-16-9-13(21)7-8-14(16)22/h3-9H,10-11H2,1-2H3,(H,23,28)(H,24,29). The molecular weight excluding hydrogens is 445 g/mol. The summed E-state index contributed by atoms with van der Waals surface area (Å²) in [7, 11) is 1.75. The van der Waals surface area contributed by atoms with Crippen molar-refractivity contribution in [1.29, 1.82) is 0 Å². The Balaban J connectivity index is 1.56. The largest absolute Gasteiger partial charge is 0.325 e. The van der Waals surface area contributed by atoms with Crippen molar-refractivity contribution >= 4 is 58.2 Å². The van der Waals surface area contributed by atoms with E-state index in [2.05, 4.69) is 20.8 Å². The summed E-state index contributed by atoms with van der Waals surface area (Å²) in [5.74, 6) is 0.155. The second-order valence-electron chi connectivity index (χ2n) is 6.46. The van der Waals surface area contributed by atoms with Crippen LogP contribution in [0.5, 0.6) is 0 Å². The van der Waals surface area contributed by atoms with Gasteiger partial charge >= 0.3 is 0 Å². The lowest BCUT2D eigenvalue weighted by Gasteiger charge is -2.08. The first-order valence-electron chi connectivity index (χ1n) is 8.95. The Morgan fingerprint density at radius 1 is 1.03 bits per heavy atom. The molecule has 0 aliphatic heterocycles. The molecule has 3 rings (SSSR count). The van der Waals surface area contributed by atoms with Gasteiger partial charge in [0.2, 0.25) is 11.8 Å². The number of hydrogen-bond donors (Lipinski definition) is 2. The molecule has 0 unspecified atom stereocenters. The van der Waals surface area contributed by atoms with E-state index in [4.69, 9.17) is 23.2 Å². The molecule has 2 amide bonds. The summed E-state index contributed by atoms with van der Waals surface area (Å²) in [5, 5.41) is 15.1. The number of amides is 2. The molecule has 156 valence electrons. The number of halogens is 2. The highest BCUT2D eigenvalue weighted by atomic mass is 35.5. The van der Waals surface area contributed by atoms with Crippen LogP contribution in [0.15, 0.2) is 47.6 Å². The summed E-state index contributed by atoms with van der Waals surface area (Å²) < 4.78 is 1.70. The highest BCUT2D eigenvalue weighted by Gasteiger charge is 2.15. The van der Waals surface area contributed by atoms with Crippen LogP contribution in [0.2, 0.25) is 10.0 Å². The topological polar surface area (TPSA) is 88.9 Å². The number of aromatic nitrogens is 3. The fourth-order valence-corrected chi connectivity index (χ4v) is 3.65. The molecule has 30 heavy (non-hydrogen) atoms. The van der Waals surface area contributed by atoms with Gasteiger partial charge in [-0.15, -0.1) is 10.2 Å². The van der Waals surface area contributed by atoms with Gasteiger partial charge < -0.3 is 15.2 Å². The van der Waals surface area contributed by atoms with Crippen molar-refractivity contribution in [2.75, 3.05) is 16.4 Å². The molecule has 7 nitrogen and oxygen atoms in total. The lowest BCUT2D eigenvalue weighted by molar-refractivity contribution is -0.116. The van der Waals surface area contributed by atoms with Crippen LogP contribution in [0.3, 0.4) is 0 Å². The van der Waals surface area contributed by atoms with E-state index in [0.717, 1.165) is 11.3 Å².